The molecule has 0 saturated carbocycles. The lowest BCUT2D eigenvalue weighted by atomic mass is 10.0. The number of carbonyl (C=O) groups excluding carboxylic acids is 2. The van der Waals surface area contributed by atoms with Gasteiger partial charge in [0.25, 0.3) is 0 Å². The minimum Gasteiger partial charge on any atom is -0.460 e. The number of carbonyl (C=O) groups is 2. The molecule has 0 unspecified atom stereocenters. The zero-order valence-electron chi connectivity index (χ0n) is 31.2. The van der Waals surface area contributed by atoms with Gasteiger partial charge in [0.2, 0.25) is 0 Å². The molecule has 0 saturated heterocycles. The fourth-order valence-corrected chi connectivity index (χ4v) is 6.14. The van der Waals surface area contributed by atoms with E-state index >= 15 is 0 Å². The number of phosphoric ester groups is 1. The third kappa shape index (κ3) is 37.5. The summed E-state index contributed by atoms with van der Waals surface area (Å²) in [5.41, 5.74) is 0. The van der Waals surface area contributed by atoms with E-state index in [-0.39, 0.29) is 25.0 Å². The van der Waals surface area contributed by atoms with Crippen LogP contribution in [-0.2, 0) is 23.4 Å². The summed E-state index contributed by atoms with van der Waals surface area (Å²) >= 11 is 0. The topological polar surface area (TPSA) is 110 Å². The number of hydrogen-bond donors (Lipinski definition) is 2. The van der Waals surface area contributed by atoms with Crippen molar-refractivity contribution in [1.82, 2.24) is 0 Å². The summed E-state index contributed by atoms with van der Waals surface area (Å²) in [5.74, 6) is -0.321. The Morgan fingerprint density at radius 2 is 0.917 bits per heavy atom. The van der Waals surface area contributed by atoms with E-state index in [1.165, 1.54) is 103 Å². The third-order valence-corrected chi connectivity index (χ3v) is 9.32. The molecule has 0 bridgehead atoms. The first-order chi connectivity index (χ1) is 23.3. The quantitative estimate of drug-likeness (QED) is 0.0287. The van der Waals surface area contributed by atoms with Crippen molar-refractivity contribution in [3.05, 3.63) is 24.3 Å². The summed E-state index contributed by atoms with van der Waals surface area (Å²) in [5, 5.41) is 0. The van der Waals surface area contributed by atoms with E-state index in [0.717, 1.165) is 57.8 Å². The predicted octanol–water partition coefficient (Wildman–Crippen LogP) is 12.4. The molecule has 48 heavy (non-hydrogen) atoms. The summed E-state index contributed by atoms with van der Waals surface area (Å²) in [6.07, 6.45) is 40.5. The number of ether oxygens (including phenoxy) is 1. The van der Waals surface area contributed by atoms with Crippen molar-refractivity contribution in [3.63, 3.8) is 0 Å². The molecule has 0 aromatic carbocycles. The Morgan fingerprint density at radius 1 is 0.542 bits per heavy atom. The summed E-state index contributed by atoms with van der Waals surface area (Å²) in [6, 6.07) is 0. The molecule has 0 amide bonds. The SMILES string of the molecule is CCCCCCCCC=CCCCCCCCC(=O)CC[C@H](COP(=O)(O)O)OC(=O)CCCCCCCC=CCCCCCCCC. The highest BCUT2D eigenvalue weighted by atomic mass is 31.2. The molecule has 282 valence electrons. The number of unbranched alkanes of at least 4 members (excludes halogenated alkanes) is 22. The maximum absolute atomic E-state index is 12.4. The van der Waals surface area contributed by atoms with Crippen LogP contribution < -0.4 is 0 Å². The van der Waals surface area contributed by atoms with Crippen LogP contribution in [0.2, 0.25) is 0 Å². The number of hydrogen-bond acceptors (Lipinski definition) is 5. The summed E-state index contributed by atoms with van der Waals surface area (Å²) < 4.78 is 21.3. The van der Waals surface area contributed by atoms with Crippen LogP contribution in [0.4, 0.5) is 0 Å². The Labute approximate surface area is 295 Å². The van der Waals surface area contributed by atoms with Crippen LogP contribution >= 0.6 is 7.82 Å². The summed E-state index contributed by atoms with van der Waals surface area (Å²) in [6.45, 7) is 4.08. The molecule has 0 aliphatic heterocycles. The fourth-order valence-electron chi connectivity index (χ4n) is 5.78. The van der Waals surface area contributed by atoms with Gasteiger partial charge in [0.05, 0.1) is 6.61 Å². The molecule has 0 radical (unpaired) electrons. The average molecular weight is 699 g/mol. The standard InChI is InChI=1S/C40H75O7P/c1-3-5-7-9-11-13-15-17-19-21-23-25-27-29-31-33-38(41)35-36-39(37-46-48(43,44)45)47-40(42)34-32-30-28-26-24-22-20-18-16-14-12-10-8-6-4-2/h17-20,39H,3-16,21-37H2,1-2H3,(H2,43,44,45)/t39-/m1/s1. The van der Waals surface area contributed by atoms with E-state index in [1.807, 2.05) is 0 Å². The monoisotopic (exact) mass is 699 g/mol. The highest BCUT2D eigenvalue weighted by Gasteiger charge is 2.22. The highest BCUT2D eigenvalue weighted by Crippen LogP contribution is 2.36. The zero-order chi connectivity index (χ0) is 35.4. The van der Waals surface area contributed by atoms with E-state index in [1.54, 1.807) is 0 Å². The molecule has 0 aromatic rings. The number of ketones is 1. The molecule has 0 spiro atoms. The maximum atomic E-state index is 12.4. The number of phosphoric acid groups is 1. The Balaban J connectivity index is 3.97. The smallest absolute Gasteiger partial charge is 0.460 e. The van der Waals surface area contributed by atoms with Gasteiger partial charge < -0.3 is 14.5 Å². The van der Waals surface area contributed by atoms with Crippen molar-refractivity contribution in [3.8, 4) is 0 Å². The normalized spacial score (nSPS) is 12.8. The number of esters is 1. The van der Waals surface area contributed by atoms with Crippen LogP contribution in [0.5, 0.6) is 0 Å². The lowest BCUT2D eigenvalue weighted by Gasteiger charge is -2.18. The number of rotatable bonds is 37. The van der Waals surface area contributed by atoms with Gasteiger partial charge >= 0.3 is 13.8 Å². The highest BCUT2D eigenvalue weighted by molar-refractivity contribution is 7.46. The Kier molecular flexibility index (Phi) is 34.6. The van der Waals surface area contributed by atoms with Crippen molar-refractivity contribution in [2.24, 2.45) is 0 Å². The van der Waals surface area contributed by atoms with E-state index in [0.29, 0.717) is 12.8 Å². The van der Waals surface area contributed by atoms with Crippen LogP contribution in [0.3, 0.4) is 0 Å². The first kappa shape index (κ1) is 46.7. The van der Waals surface area contributed by atoms with E-state index in [2.05, 4.69) is 42.7 Å². The van der Waals surface area contributed by atoms with Gasteiger partial charge in [-0.3, -0.25) is 14.1 Å². The Bertz CT molecular complexity index is 835. The fraction of sp³-hybridized carbons (Fsp3) is 0.850. The minimum atomic E-state index is -4.70. The molecular weight excluding hydrogens is 623 g/mol. The molecule has 0 heterocycles. The van der Waals surface area contributed by atoms with Gasteiger partial charge in [-0.25, -0.2) is 4.57 Å². The Hall–Kier alpha value is -1.27. The van der Waals surface area contributed by atoms with Crippen LogP contribution in [-0.4, -0.2) is 34.3 Å². The van der Waals surface area contributed by atoms with Gasteiger partial charge in [0.15, 0.2) is 0 Å². The second-order valence-corrected chi connectivity index (χ2v) is 14.9. The van der Waals surface area contributed by atoms with E-state index in [9.17, 15) is 14.2 Å². The van der Waals surface area contributed by atoms with Crippen LogP contribution in [0, 0.1) is 0 Å². The van der Waals surface area contributed by atoms with Gasteiger partial charge in [-0.15, -0.1) is 0 Å². The van der Waals surface area contributed by atoms with Gasteiger partial charge in [-0.1, -0.05) is 141 Å². The van der Waals surface area contributed by atoms with Crippen LogP contribution in [0.15, 0.2) is 24.3 Å². The first-order valence-corrected chi connectivity index (χ1v) is 21.5. The second kappa shape index (κ2) is 35.6. The van der Waals surface area contributed by atoms with Crippen LogP contribution in [0.25, 0.3) is 0 Å². The van der Waals surface area contributed by atoms with Gasteiger partial charge in [-0.05, 0) is 70.6 Å². The van der Waals surface area contributed by atoms with E-state index < -0.39 is 26.5 Å². The minimum absolute atomic E-state index is 0.0853. The predicted molar refractivity (Wildman–Crippen MR) is 201 cm³/mol. The van der Waals surface area contributed by atoms with Gasteiger partial charge in [-0.2, -0.15) is 0 Å². The molecule has 8 heteroatoms. The molecular formula is C40H75O7P. The molecule has 0 fully saturated rings. The number of Topliss-reactive ketones (excluding diaryl/α,β-unsaturated/α-hetero) is 1. The first-order valence-electron chi connectivity index (χ1n) is 20.0. The summed E-state index contributed by atoms with van der Waals surface area (Å²) in [7, 11) is -4.70. The zero-order valence-corrected chi connectivity index (χ0v) is 32.1. The average Bonchev–Trinajstić information content (AvgIpc) is 3.05. The van der Waals surface area contributed by atoms with Gasteiger partial charge in [0, 0.05) is 19.3 Å². The van der Waals surface area contributed by atoms with E-state index in [4.69, 9.17) is 14.5 Å². The third-order valence-electron chi connectivity index (χ3n) is 8.83. The largest absolute Gasteiger partial charge is 0.469 e. The van der Waals surface area contributed by atoms with Crippen molar-refractivity contribution < 1.29 is 33.2 Å². The summed E-state index contributed by atoms with van der Waals surface area (Å²) in [4.78, 5) is 43.1. The van der Waals surface area contributed by atoms with Crippen molar-refractivity contribution >= 4 is 19.6 Å². The molecule has 0 rings (SSSR count). The molecule has 7 nitrogen and oxygen atoms in total. The molecule has 0 aromatic heterocycles. The molecule has 0 aliphatic carbocycles. The number of allylic oxidation sites excluding steroid dienone is 4. The van der Waals surface area contributed by atoms with Crippen LogP contribution in [0.1, 0.15) is 206 Å². The molecule has 0 aliphatic rings. The maximum Gasteiger partial charge on any atom is 0.469 e. The van der Waals surface area contributed by atoms with Gasteiger partial charge in [0.1, 0.15) is 11.9 Å². The van der Waals surface area contributed by atoms with Crippen molar-refractivity contribution in [2.75, 3.05) is 6.61 Å². The van der Waals surface area contributed by atoms with Crippen molar-refractivity contribution in [2.45, 2.75) is 213 Å². The Morgan fingerprint density at radius 3 is 1.33 bits per heavy atom. The lowest BCUT2D eigenvalue weighted by molar-refractivity contribution is -0.152. The lowest BCUT2D eigenvalue weighted by Crippen LogP contribution is -2.24. The van der Waals surface area contributed by atoms with Crippen molar-refractivity contribution in [1.29, 1.82) is 0 Å². The molecule has 1 atom stereocenters. The molecule has 2 N–H and O–H groups in total. The second-order valence-electron chi connectivity index (χ2n) is 13.6.